The Kier molecular flexibility index (Phi) is 5.39. The summed E-state index contributed by atoms with van der Waals surface area (Å²) in [5.74, 6) is -1.02. The molecule has 3 heterocycles. The second-order valence-corrected chi connectivity index (χ2v) is 8.16. The first-order chi connectivity index (χ1) is 14.3. The molecule has 0 aliphatic heterocycles. The van der Waals surface area contributed by atoms with E-state index in [1.807, 2.05) is 0 Å². The Hall–Kier alpha value is -3.05. The molecular weight excluding hydrogens is 440 g/mol. The van der Waals surface area contributed by atoms with Crippen molar-refractivity contribution in [1.82, 2.24) is 15.0 Å². The Morgan fingerprint density at radius 1 is 1.10 bits per heavy atom. The standard InChI is InChI=1S/C19H10F4N4OS2/c20-12-4-11(7-24-9-12)18-27-16-15(29-18)5-10(8-25-16)17(28)26-13-2-1-3-14(6-13)30-19(21,22)23/h1-9H,(H,26,28). The number of fused-ring (bicyclic) bond motifs is 1. The van der Waals surface area contributed by atoms with Gasteiger partial charge in [0.25, 0.3) is 5.91 Å². The predicted molar refractivity (Wildman–Crippen MR) is 107 cm³/mol. The maximum absolute atomic E-state index is 13.4. The van der Waals surface area contributed by atoms with Crippen molar-refractivity contribution < 1.29 is 22.4 Å². The summed E-state index contributed by atoms with van der Waals surface area (Å²) in [5, 5.41) is 3.06. The molecule has 4 aromatic rings. The second kappa shape index (κ2) is 8.00. The summed E-state index contributed by atoms with van der Waals surface area (Å²) >= 11 is 0.956. The van der Waals surface area contributed by atoms with Crippen molar-refractivity contribution in [2.45, 2.75) is 10.4 Å². The Balaban J connectivity index is 1.56. The number of alkyl halides is 3. The number of pyridine rings is 2. The molecule has 4 rings (SSSR count). The number of benzene rings is 1. The number of anilines is 1. The molecule has 152 valence electrons. The van der Waals surface area contributed by atoms with Crippen molar-refractivity contribution in [2.75, 3.05) is 5.32 Å². The molecule has 0 saturated heterocycles. The normalized spacial score (nSPS) is 11.6. The number of thiazole rings is 1. The third-order valence-electron chi connectivity index (χ3n) is 3.79. The van der Waals surface area contributed by atoms with E-state index in [1.54, 1.807) is 6.07 Å². The summed E-state index contributed by atoms with van der Waals surface area (Å²) in [6, 6.07) is 8.33. The van der Waals surface area contributed by atoms with Gasteiger partial charge in [-0.25, -0.2) is 14.4 Å². The van der Waals surface area contributed by atoms with Crippen LogP contribution in [0.1, 0.15) is 10.4 Å². The van der Waals surface area contributed by atoms with E-state index in [0.29, 0.717) is 20.9 Å². The molecule has 0 aliphatic carbocycles. The number of carbonyl (C=O) groups excluding carboxylic acids is 1. The second-order valence-electron chi connectivity index (χ2n) is 5.99. The van der Waals surface area contributed by atoms with Gasteiger partial charge in [0, 0.05) is 28.5 Å². The first kappa shape index (κ1) is 20.2. The molecule has 5 nitrogen and oxygen atoms in total. The zero-order valence-corrected chi connectivity index (χ0v) is 16.4. The van der Waals surface area contributed by atoms with Gasteiger partial charge in [-0.2, -0.15) is 13.2 Å². The predicted octanol–water partition coefficient (Wildman–Crippen LogP) is 5.76. The van der Waals surface area contributed by atoms with E-state index in [0.717, 1.165) is 6.20 Å². The number of nitrogens with one attached hydrogen (secondary N) is 1. The smallest absolute Gasteiger partial charge is 0.322 e. The number of hydrogen-bond donors (Lipinski definition) is 1. The zero-order valence-electron chi connectivity index (χ0n) is 14.8. The minimum atomic E-state index is -4.42. The van der Waals surface area contributed by atoms with Gasteiger partial charge in [-0.3, -0.25) is 9.78 Å². The van der Waals surface area contributed by atoms with Gasteiger partial charge in [-0.1, -0.05) is 6.07 Å². The van der Waals surface area contributed by atoms with Gasteiger partial charge >= 0.3 is 5.51 Å². The van der Waals surface area contributed by atoms with E-state index in [4.69, 9.17) is 0 Å². The maximum Gasteiger partial charge on any atom is 0.446 e. The van der Waals surface area contributed by atoms with Crippen LogP contribution in [0.4, 0.5) is 23.2 Å². The van der Waals surface area contributed by atoms with Crippen LogP contribution in [0.5, 0.6) is 0 Å². The third-order valence-corrected chi connectivity index (χ3v) is 5.55. The molecule has 1 aromatic carbocycles. The number of thioether (sulfide) groups is 1. The van der Waals surface area contributed by atoms with Crippen molar-refractivity contribution in [1.29, 1.82) is 0 Å². The molecule has 0 atom stereocenters. The highest BCUT2D eigenvalue weighted by molar-refractivity contribution is 8.00. The van der Waals surface area contributed by atoms with Crippen LogP contribution in [0.15, 0.2) is 59.9 Å². The summed E-state index contributed by atoms with van der Waals surface area (Å²) < 4.78 is 51.6. The van der Waals surface area contributed by atoms with Crippen molar-refractivity contribution in [3.63, 3.8) is 0 Å². The Morgan fingerprint density at radius 2 is 1.93 bits per heavy atom. The molecule has 0 saturated carbocycles. The molecule has 0 aliphatic rings. The first-order valence-corrected chi connectivity index (χ1v) is 9.95. The van der Waals surface area contributed by atoms with Crippen LogP contribution in [-0.2, 0) is 0 Å². The molecule has 0 bridgehead atoms. The van der Waals surface area contributed by atoms with Crippen molar-refractivity contribution in [3.05, 3.63) is 66.4 Å². The van der Waals surface area contributed by atoms with Gasteiger partial charge in [0.15, 0.2) is 5.65 Å². The number of carbonyl (C=O) groups is 1. The van der Waals surface area contributed by atoms with Crippen molar-refractivity contribution >= 4 is 45.0 Å². The number of nitrogens with zero attached hydrogens (tertiary/aromatic N) is 3. The highest BCUT2D eigenvalue weighted by Gasteiger charge is 2.29. The minimum Gasteiger partial charge on any atom is -0.322 e. The molecule has 3 aromatic heterocycles. The zero-order chi connectivity index (χ0) is 21.3. The monoisotopic (exact) mass is 450 g/mol. The Bertz CT molecular complexity index is 1240. The molecule has 1 amide bonds. The van der Waals surface area contributed by atoms with E-state index in [1.165, 1.54) is 54.1 Å². The van der Waals surface area contributed by atoms with Crippen LogP contribution >= 0.6 is 23.1 Å². The van der Waals surface area contributed by atoms with E-state index in [2.05, 4.69) is 20.3 Å². The molecule has 0 radical (unpaired) electrons. The summed E-state index contributed by atoms with van der Waals surface area (Å²) in [7, 11) is 0. The van der Waals surface area contributed by atoms with Crippen LogP contribution in [0.2, 0.25) is 0 Å². The fourth-order valence-corrected chi connectivity index (χ4v) is 4.12. The lowest BCUT2D eigenvalue weighted by molar-refractivity contribution is -0.0328. The lowest BCUT2D eigenvalue weighted by atomic mass is 10.2. The molecule has 0 spiro atoms. The van der Waals surface area contributed by atoms with E-state index in [-0.39, 0.29) is 27.9 Å². The number of rotatable bonds is 4. The molecule has 30 heavy (non-hydrogen) atoms. The van der Waals surface area contributed by atoms with Crippen molar-refractivity contribution in [2.24, 2.45) is 0 Å². The summed E-state index contributed by atoms with van der Waals surface area (Å²) in [4.78, 5) is 24.7. The lowest BCUT2D eigenvalue weighted by Gasteiger charge is -2.08. The minimum absolute atomic E-state index is 0.0373. The van der Waals surface area contributed by atoms with Crippen molar-refractivity contribution in [3.8, 4) is 10.6 Å². The van der Waals surface area contributed by atoms with Gasteiger partial charge in [-0.05, 0) is 42.1 Å². The van der Waals surface area contributed by atoms with E-state index >= 15 is 0 Å². The SMILES string of the molecule is O=C(Nc1cccc(SC(F)(F)F)c1)c1cnc2nc(-c3cncc(F)c3)sc2c1. The van der Waals surface area contributed by atoms with Gasteiger partial charge in [0.05, 0.1) is 16.5 Å². The highest BCUT2D eigenvalue weighted by Crippen LogP contribution is 2.37. The fourth-order valence-electron chi connectivity index (χ4n) is 2.57. The molecule has 0 unspecified atom stereocenters. The summed E-state index contributed by atoms with van der Waals surface area (Å²) in [5.41, 5.74) is -3.10. The molecule has 11 heteroatoms. The Morgan fingerprint density at radius 3 is 2.70 bits per heavy atom. The van der Waals surface area contributed by atoms with Gasteiger partial charge in [0.2, 0.25) is 0 Å². The van der Waals surface area contributed by atoms with Crippen LogP contribution < -0.4 is 5.32 Å². The van der Waals surface area contributed by atoms with Crippen LogP contribution in [0.3, 0.4) is 0 Å². The van der Waals surface area contributed by atoms with Gasteiger partial charge < -0.3 is 5.32 Å². The van der Waals surface area contributed by atoms with E-state index < -0.39 is 17.2 Å². The first-order valence-electron chi connectivity index (χ1n) is 8.31. The van der Waals surface area contributed by atoms with E-state index in [9.17, 15) is 22.4 Å². The number of hydrogen-bond acceptors (Lipinski definition) is 6. The summed E-state index contributed by atoms with van der Waals surface area (Å²) in [6.07, 6.45) is 3.87. The number of halogens is 4. The average Bonchev–Trinajstić information content (AvgIpc) is 3.10. The molecule has 1 N–H and O–H groups in total. The maximum atomic E-state index is 13.4. The highest BCUT2D eigenvalue weighted by atomic mass is 32.2. The number of aromatic nitrogens is 3. The summed E-state index contributed by atoms with van der Waals surface area (Å²) in [6.45, 7) is 0. The van der Waals surface area contributed by atoms with Gasteiger partial charge in [-0.15, -0.1) is 11.3 Å². The van der Waals surface area contributed by atoms with Crippen LogP contribution in [0, 0.1) is 5.82 Å². The average molecular weight is 450 g/mol. The third kappa shape index (κ3) is 4.74. The fraction of sp³-hybridized carbons (Fsp3) is 0.0526. The lowest BCUT2D eigenvalue weighted by Crippen LogP contribution is -2.12. The quantitative estimate of drug-likeness (QED) is 0.316. The van der Waals surface area contributed by atoms with Gasteiger partial charge in [0.1, 0.15) is 10.8 Å². The largest absolute Gasteiger partial charge is 0.446 e. The van der Waals surface area contributed by atoms with Crippen LogP contribution in [0.25, 0.3) is 20.9 Å². The molecule has 0 fully saturated rings. The topological polar surface area (TPSA) is 67.8 Å². The Labute approximate surface area is 175 Å². The van der Waals surface area contributed by atoms with Crippen LogP contribution in [-0.4, -0.2) is 26.4 Å². The molecular formula is C19H10F4N4OS2. The number of amides is 1.